The van der Waals surface area contributed by atoms with Gasteiger partial charge in [0.1, 0.15) is 0 Å². The number of benzene rings is 1. The lowest BCUT2D eigenvalue weighted by Gasteiger charge is -2.33. The number of amides is 1. The number of carbonyl (C=O) groups is 1. The SMILES string of the molecule is CC(C)(C)C(=O)N(c1ccc(Cl)cc1)C1C=CS(=O)(=O)C1. The smallest absolute Gasteiger partial charge is 0.232 e. The van der Waals surface area contributed by atoms with Gasteiger partial charge in [-0.1, -0.05) is 32.4 Å². The Morgan fingerprint density at radius 3 is 2.24 bits per heavy atom. The minimum Gasteiger partial charge on any atom is -0.304 e. The van der Waals surface area contributed by atoms with E-state index in [0.29, 0.717) is 10.7 Å². The van der Waals surface area contributed by atoms with Crippen LogP contribution in [-0.4, -0.2) is 26.1 Å². The quantitative estimate of drug-likeness (QED) is 0.839. The molecule has 0 bridgehead atoms. The van der Waals surface area contributed by atoms with Crippen molar-refractivity contribution in [2.24, 2.45) is 5.41 Å². The molecule has 114 valence electrons. The van der Waals surface area contributed by atoms with E-state index in [-0.39, 0.29) is 11.7 Å². The van der Waals surface area contributed by atoms with Gasteiger partial charge in [-0.2, -0.15) is 0 Å². The Labute approximate surface area is 130 Å². The number of hydrogen-bond acceptors (Lipinski definition) is 3. The van der Waals surface area contributed by atoms with Crippen LogP contribution in [0.4, 0.5) is 5.69 Å². The number of carbonyl (C=O) groups excluding carboxylic acids is 1. The molecule has 0 aliphatic carbocycles. The van der Waals surface area contributed by atoms with E-state index >= 15 is 0 Å². The molecule has 4 nitrogen and oxygen atoms in total. The number of rotatable bonds is 2. The number of nitrogens with zero attached hydrogens (tertiary/aromatic N) is 1. The van der Waals surface area contributed by atoms with E-state index in [0.717, 1.165) is 0 Å². The minimum atomic E-state index is -3.24. The summed E-state index contributed by atoms with van der Waals surface area (Å²) in [5.41, 5.74) is 0.0332. The summed E-state index contributed by atoms with van der Waals surface area (Å²) < 4.78 is 23.3. The predicted molar refractivity (Wildman–Crippen MR) is 85.1 cm³/mol. The lowest BCUT2D eigenvalue weighted by Crippen LogP contribution is -2.46. The number of anilines is 1. The van der Waals surface area contributed by atoms with Gasteiger partial charge in [0.05, 0.1) is 11.8 Å². The third kappa shape index (κ3) is 3.66. The third-order valence-electron chi connectivity index (χ3n) is 3.21. The van der Waals surface area contributed by atoms with Gasteiger partial charge in [0.2, 0.25) is 5.91 Å². The maximum absolute atomic E-state index is 12.7. The molecule has 0 saturated heterocycles. The zero-order valence-corrected chi connectivity index (χ0v) is 13.8. The summed E-state index contributed by atoms with van der Waals surface area (Å²) in [6, 6.07) is 6.35. The second kappa shape index (κ2) is 5.46. The molecule has 1 aromatic rings. The molecule has 21 heavy (non-hydrogen) atoms. The largest absolute Gasteiger partial charge is 0.304 e. The van der Waals surface area contributed by atoms with Gasteiger partial charge in [0.25, 0.3) is 0 Å². The predicted octanol–water partition coefficient (Wildman–Crippen LogP) is 3.03. The maximum Gasteiger partial charge on any atom is 0.232 e. The molecule has 0 spiro atoms. The zero-order valence-electron chi connectivity index (χ0n) is 12.2. The fourth-order valence-corrected chi connectivity index (χ4v) is 3.54. The van der Waals surface area contributed by atoms with Crippen LogP contribution in [0, 0.1) is 5.41 Å². The van der Waals surface area contributed by atoms with Crippen LogP contribution in [0.25, 0.3) is 0 Å². The summed E-state index contributed by atoms with van der Waals surface area (Å²) in [7, 11) is -3.24. The van der Waals surface area contributed by atoms with Gasteiger partial charge < -0.3 is 4.90 Å². The Morgan fingerprint density at radius 1 is 1.24 bits per heavy atom. The van der Waals surface area contributed by atoms with Gasteiger partial charge in [-0.15, -0.1) is 0 Å². The van der Waals surface area contributed by atoms with Crippen LogP contribution in [0.2, 0.25) is 5.02 Å². The Kier molecular flexibility index (Phi) is 4.17. The first-order chi connectivity index (χ1) is 9.60. The van der Waals surface area contributed by atoms with Gasteiger partial charge in [0, 0.05) is 21.5 Å². The monoisotopic (exact) mass is 327 g/mol. The average molecular weight is 328 g/mol. The van der Waals surface area contributed by atoms with Crippen molar-refractivity contribution in [3.05, 3.63) is 40.8 Å². The van der Waals surface area contributed by atoms with E-state index in [4.69, 9.17) is 11.6 Å². The summed E-state index contributed by atoms with van der Waals surface area (Å²) in [5.74, 6) is -0.214. The molecule has 1 aliphatic rings. The molecule has 1 unspecified atom stereocenters. The number of hydrogen-bond donors (Lipinski definition) is 0. The molecule has 6 heteroatoms. The first-order valence-electron chi connectivity index (χ1n) is 6.60. The first-order valence-corrected chi connectivity index (χ1v) is 8.70. The molecule has 1 aliphatic heterocycles. The van der Waals surface area contributed by atoms with Gasteiger partial charge in [0.15, 0.2) is 9.84 Å². The van der Waals surface area contributed by atoms with Crippen LogP contribution in [0.15, 0.2) is 35.7 Å². The van der Waals surface area contributed by atoms with Crippen molar-refractivity contribution >= 4 is 33.0 Å². The molecule has 0 aromatic heterocycles. The average Bonchev–Trinajstić information content (AvgIpc) is 2.71. The topological polar surface area (TPSA) is 54.5 Å². The van der Waals surface area contributed by atoms with Crippen molar-refractivity contribution < 1.29 is 13.2 Å². The highest BCUT2D eigenvalue weighted by Crippen LogP contribution is 2.29. The van der Waals surface area contributed by atoms with Crippen LogP contribution in [-0.2, 0) is 14.6 Å². The van der Waals surface area contributed by atoms with Gasteiger partial charge >= 0.3 is 0 Å². The lowest BCUT2D eigenvalue weighted by atomic mass is 9.93. The molecule has 0 radical (unpaired) electrons. The number of halogens is 1. The zero-order chi connectivity index (χ0) is 15.8. The second-order valence-electron chi connectivity index (χ2n) is 6.13. The lowest BCUT2D eigenvalue weighted by molar-refractivity contribution is -0.126. The van der Waals surface area contributed by atoms with Crippen LogP contribution < -0.4 is 4.90 Å². The first kappa shape index (κ1) is 16.0. The van der Waals surface area contributed by atoms with Crippen LogP contribution in [0.3, 0.4) is 0 Å². The summed E-state index contributed by atoms with van der Waals surface area (Å²) >= 11 is 5.88. The highest BCUT2D eigenvalue weighted by atomic mass is 35.5. The molecule has 0 N–H and O–H groups in total. The summed E-state index contributed by atoms with van der Waals surface area (Å²) in [4.78, 5) is 14.3. The van der Waals surface area contributed by atoms with E-state index in [2.05, 4.69) is 0 Å². The maximum atomic E-state index is 12.7. The number of sulfone groups is 1. The molecule has 0 fully saturated rings. The summed E-state index contributed by atoms with van der Waals surface area (Å²) in [5, 5.41) is 1.74. The fourth-order valence-electron chi connectivity index (χ4n) is 2.14. The van der Waals surface area contributed by atoms with E-state index < -0.39 is 21.3 Å². The molecule has 1 aromatic carbocycles. The van der Waals surface area contributed by atoms with Crippen molar-refractivity contribution in [1.82, 2.24) is 0 Å². The fraction of sp³-hybridized carbons (Fsp3) is 0.400. The van der Waals surface area contributed by atoms with Crippen LogP contribution in [0.1, 0.15) is 20.8 Å². The molecule has 1 amide bonds. The highest BCUT2D eigenvalue weighted by Gasteiger charge is 2.36. The standard InChI is InChI=1S/C15H18ClNO3S/c1-15(2,3)14(18)17(12-6-4-11(16)5-7-12)13-8-9-21(19,20)10-13/h4-9,13H,10H2,1-3H3. The van der Waals surface area contributed by atoms with E-state index in [9.17, 15) is 13.2 Å². The van der Waals surface area contributed by atoms with E-state index in [1.165, 1.54) is 10.3 Å². The highest BCUT2D eigenvalue weighted by molar-refractivity contribution is 7.94. The summed E-state index contributed by atoms with van der Waals surface area (Å²) in [6.45, 7) is 5.43. The Morgan fingerprint density at radius 2 is 1.81 bits per heavy atom. The van der Waals surface area contributed by atoms with Gasteiger partial charge in [-0.05, 0) is 30.3 Å². The van der Waals surface area contributed by atoms with Crippen molar-refractivity contribution in [2.75, 3.05) is 10.7 Å². The van der Waals surface area contributed by atoms with E-state index in [1.807, 2.05) is 20.8 Å². The van der Waals surface area contributed by atoms with Crippen molar-refractivity contribution in [1.29, 1.82) is 0 Å². The normalized spacial score (nSPS) is 20.5. The molecule has 0 saturated carbocycles. The van der Waals surface area contributed by atoms with Gasteiger partial charge in [-0.25, -0.2) is 8.42 Å². The minimum absolute atomic E-state index is 0.0859. The Hall–Kier alpha value is -1.33. The van der Waals surface area contributed by atoms with Gasteiger partial charge in [-0.3, -0.25) is 4.79 Å². The second-order valence-corrected chi connectivity index (χ2v) is 8.49. The van der Waals surface area contributed by atoms with Crippen molar-refractivity contribution in [2.45, 2.75) is 26.8 Å². The van der Waals surface area contributed by atoms with Crippen LogP contribution in [0.5, 0.6) is 0 Å². The Bertz CT molecular complexity index is 672. The van der Waals surface area contributed by atoms with Crippen molar-refractivity contribution in [3.8, 4) is 0 Å². The van der Waals surface area contributed by atoms with E-state index in [1.54, 1.807) is 30.3 Å². The van der Waals surface area contributed by atoms with Crippen molar-refractivity contribution in [3.63, 3.8) is 0 Å². The molecule has 1 atom stereocenters. The molecular formula is C15H18ClNO3S. The summed E-state index contributed by atoms with van der Waals surface area (Å²) in [6.07, 6.45) is 1.56. The third-order valence-corrected chi connectivity index (χ3v) is 4.84. The Balaban J connectivity index is 2.43. The molecule has 2 rings (SSSR count). The molecule has 1 heterocycles. The van der Waals surface area contributed by atoms with Crippen LogP contribution >= 0.6 is 11.6 Å². The molecular weight excluding hydrogens is 310 g/mol.